The van der Waals surface area contributed by atoms with Gasteiger partial charge in [-0.15, -0.1) is 0 Å². The van der Waals surface area contributed by atoms with Gasteiger partial charge in [-0.05, 0) is 56.5 Å². The Morgan fingerprint density at radius 2 is 1.80 bits per heavy atom. The van der Waals surface area contributed by atoms with Crippen LogP contribution in [0.25, 0.3) is 0 Å². The molecule has 2 aliphatic rings. The summed E-state index contributed by atoms with van der Waals surface area (Å²) in [6.07, 6.45) is 3.00. The van der Waals surface area contributed by atoms with Crippen LogP contribution in [0, 0.1) is 12.8 Å². The summed E-state index contributed by atoms with van der Waals surface area (Å²) in [5.41, 5.74) is 4.19. The van der Waals surface area contributed by atoms with Gasteiger partial charge in [0.1, 0.15) is 5.75 Å². The highest BCUT2D eigenvalue weighted by Crippen LogP contribution is 2.35. The number of para-hydroxylation sites is 1. The number of methoxy groups -OCH3 is 1. The Labute approximate surface area is 179 Å². The van der Waals surface area contributed by atoms with Crippen molar-refractivity contribution in [2.75, 3.05) is 26.7 Å². The van der Waals surface area contributed by atoms with Crippen molar-refractivity contribution in [2.45, 2.75) is 39.2 Å². The van der Waals surface area contributed by atoms with Gasteiger partial charge in [-0.2, -0.15) is 5.10 Å². The van der Waals surface area contributed by atoms with E-state index in [1.807, 2.05) is 24.3 Å². The highest BCUT2D eigenvalue weighted by atomic mass is 16.5. The second kappa shape index (κ2) is 9.00. The minimum Gasteiger partial charge on any atom is -0.496 e. The first-order valence-electron chi connectivity index (χ1n) is 10.9. The number of likely N-dealkylation sites (tertiary alicyclic amines) is 1. The van der Waals surface area contributed by atoms with E-state index in [9.17, 15) is 4.79 Å². The van der Waals surface area contributed by atoms with Crippen molar-refractivity contribution in [3.8, 4) is 5.75 Å². The number of aryl methyl sites for hydroxylation is 1. The molecule has 0 N–H and O–H groups in total. The first-order chi connectivity index (χ1) is 14.5. The van der Waals surface area contributed by atoms with Crippen LogP contribution in [-0.4, -0.2) is 48.3 Å². The fraction of sp³-hybridized carbons (Fsp3) is 0.440. The monoisotopic (exact) mass is 405 g/mol. The molecule has 4 rings (SSSR count). The molecule has 1 amide bonds. The summed E-state index contributed by atoms with van der Waals surface area (Å²) in [5, 5.41) is 6.53. The van der Waals surface area contributed by atoms with E-state index in [0.29, 0.717) is 13.0 Å². The van der Waals surface area contributed by atoms with Gasteiger partial charge < -0.3 is 4.74 Å². The Balaban J connectivity index is 1.61. The van der Waals surface area contributed by atoms with Crippen LogP contribution in [0.15, 0.2) is 53.6 Å². The molecule has 0 saturated carbocycles. The van der Waals surface area contributed by atoms with Gasteiger partial charge in [0, 0.05) is 12.0 Å². The van der Waals surface area contributed by atoms with Gasteiger partial charge in [-0.1, -0.05) is 48.9 Å². The van der Waals surface area contributed by atoms with Crippen LogP contribution in [0.3, 0.4) is 0 Å². The number of piperidine rings is 1. The van der Waals surface area contributed by atoms with E-state index < -0.39 is 0 Å². The molecule has 1 fully saturated rings. The van der Waals surface area contributed by atoms with Crippen molar-refractivity contribution in [3.05, 3.63) is 65.2 Å². The lowest BCUT2D eigenvalue weighted by Crippen LogP contribution is -2.41. The molecule has 5 heteroatoms. The second-order valence-electron chi connectivity index (χ2n) is 8.57. The number of hydrogen-bond donors (Lipinski definition) is 0. The molecule has 0 spiro atoms. The highest BCUT2D eigenvalue weighted by Gasteiger charge is 2.34. The van der Waals surface area contributed by atoms with Gasteiger partial charge in [0.25, 0.3) is 5.91 Å². The molecule has 1 atom stereocenters. The minimum absolute atomic E-state index is 0.0695. The average Bonchev–Trinajstić information content (AvgIpc) is 3.21. The molecule has 0 radical (unpaired) electrons. The number of carbonyl (C=O) groups excluding carboxylic acids is 1. The van der Waals surface area contributed by atoms with E-state index in [1.54, 1.807) is 12.1 Å². The van der Waals surface area contributed by atoms with Crippen molar-refractivity contribution in [3.63, 3.8) is 0 Å². The summed E-state index contributed by atoms with van der Waals surface area (Å²) in [5.74, 6) is 1.61. The summed E-state index contributed by atoms with van der Waals surface area (Å²) in [7, 11) is 1.67. The molecule has 0 aliphatic carbocycles. The smallest absolute Gasteiger partial charge is 0.257 e. The average molecular weight is 406 g/mol. The predicted molar refractivity (Wildman–Crippen MR) is 120 cm³/mol. The van der Waals surface area contributed by atoms with Crippen LogP contribution >= 0.6 is 0 Å². The SMILES string of the molecule is COc1ccccc1C1=NN(C(=O)CN2CCC(C)CC2)C(c2ccc(C)cc2)C1. The molecule has 0 aromatic heterocycles. The van der Waals surface area contributed by atoms with Gasteiger partial charge in [0.05, 0.1) is 25.4 Å². The Bertz CT molecular complexity index is 914. The molecular formula is C25H31N3O2. The Hall–Kier alpha value is -2.66. The molecule has 2 aromatic carbocycles. The zero-order valence-corrected chi connectivity index (χ0v) is 18.2. The lowest BCUT2D eigenvalue weighted by molar-refractivity contribution is -0.134. The quantitative estimate of drug-likeness (QED) is 0.740. The van der Waals surface area contributed by atoms with Crippen LogP contribution in [0.5, 0.6) is 5.75 Å². The third-order valence-corrected chi connectivity index (χ3v) is 6.28. The van der Waals surface area contributed by atoms with Crippen molar-refractivity contribution >= 4 is 11.6 Å². The predicted octanol–water partition coefficient (Wildman–Crippen LogP) is 4.41. The Kier molecular flexibility index (Phi) is 6.18. The van der Waals surface area contributed by atoms with E-state index in [-0.39, 0.29) is 11.9 Å². The van der Waals surface area contributed by atoms with Crippen LogP contribution in [-0.2, 0) is 4.79 Å². The number of hydrazone groups is 1. The van der Waals surface area contributed by atoms with E-state index >= 15 is 0 Å². The van der Waals surface area contributed by atoms with Gasteiger partial charge in [-0.3, -0.25) is 9.69 Å². The fourth-order valence-electron chi connectivity index (χ4n) is 4.32. The van der Waals surface area contributed by atoms with Crippen LogP contribution in [0.4, 0.5) is 0 Å². The summed E-state index contributed by atoms with van der Waals surface area (Å²) in [6, 6.07) is 16.3. The van der Waals surface area contributed by atoms with Crippen molar-refractivity contribution in [1.29, 1.82) is 0 Å². The van der Waals surface area contributed by atoms with Crippen LogP contribution in [0.2, 0.25) is 0 Å². The standard InChI is InChI=1S/C25H31N3O2/c1-18-8-10-20(11-9-18)23-16-22(21-6-4-5-7-24(21)30-3)26-28(23)25(29)17-27-14-12-19(2)13-15-27/h4-11,19,23H,12-17H2,1-3H3. The third kappa shape index (κ3) is 4.41. The fourth-order valence-corrected chi connectivity index (χ4v) is 4.32. The van der Waals surface area contributed by atoms with Crippen LogP contribution < -0.4 is 4.74 Å². The zero-order chi connectivity index (χ0) is 21.1. The molecule has 30 heavy (non-hydrogen) atoms. The maximum absolute atomic E-state index is 13.3. The number of carbonyl (C=O) groups is 1. The van der Waals surface area contributed by atoms with Crippen molar-refractivity contribution in [1.82, 2.24) is 9.91 Å². The lowest BCUT2D eigenvalue weighted by Gasteiger charge is -2.31. The van der Waals surface area contributed by atoms with Gasteiger partial charge in [-0.25, -0.2) is 5.01 Å². The normalized spacial score (nSPS) is 20.3. The molecule has 2 aromatic rings. The second-order valence-corrected chi connectivity index (χ2v) is 8.57. The molecule has 0 bridgehead atoms. The number of benzene rings is 2. The summed E-state index contributed by atoms with van der Waals surface area (Å²) >= 11 is 0. The lowest BCUT2D eigenvalue weighted by atomic mass is 9.97. The third-order valence-electron chi connectivity index (χ3n) is 6.28. The maximum Gasteiger partial charge on any atom is 0.257 e. The summed E-state index contributed by atoms with van der Waals surface area (Å²) in [4.78, 5) is 15.6. The highest BCUT2D eigenvalue weighted by molar-refractivity contribution is 6.05. The first kappa shape index (κ1) is 20.6. The van der Waals surface area contributed by atoms with E-state index in [0.717, 1.165) is 54.4 Å². The van der Waals surface area contributed by atoms with Crippen molar-refractivity contribution < 1.29 is 9.53 Å². The van der Waals surface area contributed by atoms with Gasteiger partial charge >= 0.3 is 0 Å². The summed E-state index contributed by atoms with van der Waals surface area (Å²) < 4.78 is 5.55. The largest absolute Gasteiger partial charge is 0.496 e. The van der Waals surface area contributed by atoms with Gasteiger partial charge in [0.2, 0.25) is 0 Å². The zero-order valence-electron chi connectivity index (χ0n) is 18.2. The van der Waals surface area contributed by atoms with E-state index in [4.69, 9.17) is 9.84 Å². The molecule has 2 aliphatic heterocycles. The first-order valence-corrected chi connectivity index (χ1v) is 10.9. The van der Waals surface area contributed by atoms with E-state index in [2.05, 4.69) is 43.0 Å². The molecule has 1 saturated heterocycles. The minimum atomic E-state index is -0.0817. The van der Waals surface area contributed by atoms with Crippen LogP contribution in [0.1, 0.15) is 48.9 Å². The maximum atomic E-state index is 13.3. The number of nitrogens with zero attached hydrogens (tertiary/aromatic N) is 3. The van der Waals surface area contributed by atoms with E-state index in [1.165, 1.54) is 5.56 Å². The molecule has 5 nitrogen and oxygen atoms in total. The van der Waals surface area contributed by atoms with Crippen molar-refractivity contribution in [2.24, 2.45) is 11.0 Å². The molecule has 2 heterocycles. The number of ether oxygens (including phenoxy) is 1. The number of rotatable bonds is 5. The molecule has 158 valence electrons. The molecule has 1 unspecified atom stereocenters. The summed E-state index contributed by atoms with van der Waals surface area (Å²) in [6.45, 7) is 6.77. The number of amides is 1. The van der Waals surface area contributed by atoms with Gasteiger partial charge in [0.15, 0.2) is 0 Å². The number of hydrogen-bond acceptors (Lipinski definition) is 4. The topological polar surface area (TPSA) is 45.1 Å². The molecular weight excluding hydrogens is 374 g/mol. The Morgan fingerprint density at radius 1 is 1.10 bits per heavy atom. The Morgan fingerprint density at radius 3 is 2.50 bits per heavy atom.